The summed E-state index contributed by atoms with van der Waals surface area (Å²) in [6, 6.07) is 11.7. The van der Waals surface area contributed by atoms with Crippen LogP contribution >= 0.6 is 0 Å². The predicted molar refractivity (Wildman–Crippen MR) is 72.5 cm³/mol. The fourth-order valence-electron chi connectivity index (χ4n) is 1.78. The molecule has 1 aromatic carbocycles. The quantitative estimate of drug-likeness (QED) is 0.820. The Labute approximate surface area is 116 Å². The van der Waals surface area contributed by atoms with Gasteiger partial charge in [-0.3, -0.25) is 4.79 Å². The maximum absolute atomic E-state index is 12.6. The molecule has 0 aliphatic carbocycles. The van der Waals surface area contributed by atoms with Crippen LogP contribution in [0.3, 0.4) is 0 Å². The Bertz CT molecular complexity index is 558. The molecular weight excluding hydrogens is 259 g/mol. The summed E-state index contributed by atoms with van der Waals surface area (Å²) in [5.41, 5.74) is 1.10. The van der Waals surface area contributed by atoms with Crippen molar-refractivity contribution >= 4 is 5.91 Å². The molecule has 5 heteroatoms. The molecule has 0 bridgehead atoms. The van der Waals surface area contributed by atoms with Gasteiger partial charge in [0.1, 0.15) is 0 Å². The molecule has 2 N–H and O–H groups in total. The molecule has 0 radical (unpaired) electrons. The standard InChI is InChI=1S/C15H15FN2O2/c16-14-7-6-12(10-18-14)15(20)17-9-8-13(19)11-4-2-1-3-5-11/h1-7,10,13,19H,8-9H2,(H,17,20). The lowest BCUT2D eigenvalue weighted by molar-refractivity contribution is 0.0942. The van der Waals surface area contributed by atoms with E-state index in [0.717, 1.165) is 11.6 Å². The van der Waals surface area contributed by atoms with E-state index in [0.29, 0.717) is 18.5 Å². The molecule has 0 fully saturated rings. The summed E-state index contributed by atoms with van der Waals surface area (Å²) >= 11 is 0. The third-order valence-electron chi connectivity index (χ3n) is 2.88. The van der Waals surface area contributed by atoms with Gasteiger partial charge in [-0.15, -0.1) is 0 Å². The van der Waals surface area contributed by atoms with Crippen molar-refractivity contribution in [3.63, 3.8) is 0 Å². The normalized spacial score (nSPS) is 11.9. The van der Waals surface area contributed by atoms with Crippen molar-refractivity contribution < 1.29 is 14.3 Å². The number of aliphatic hydroxyl groups is 1. The number of amides is 1. The summed E-state index contributed by atoms with van der Waals surface area (Å²) in [5, 5.41) is 12.6. The first-order valence-corrected chi connectivity index (χ1v) is 6.29. The lowest BCUT2D eigenvalue weighted by Gasteiger charge is -2.11. The van der Waals surface area contributed by atoms with Crippen LogP contribution in [0.25, 0.3) is 0 Å². The van der Waals surface area contributed by atoms with Gasteiger partial charge in [0.2, 0.25) is 5.95 Å². The van der Waals surface area contributed by atoms with E-state index >= 15 is 0 Å². The van der Waals surface area contributed by atoms with E-state index in [1.807, 2.05) is 30.3 Å². The van der Waals surface area contributed by atoms with Crippen LogP contribution in [-0.4, -0.2) is 22.5 Å². The lowest BCUT2D eigenvalue weighted by atomic mass is 10.1. The monoisotopic (exact) mass is 274 g/mol. The molecule has 1 aromatic heterocycles. The zero-order chi connectivity index (χ0) is 14.4. The minimum atomic E-state index is -0.624. The van der Waals surface area contributed by atoms with E-state index in [9.17, 15) is 14.3 Å². The van der Waals surface area contributed by atoms with Gasteiger partial charge in [0, 0.05) is 12.7 Å². The van der Waals surface area contributed by atoms with E-state index in [4.69, 9.17) is 0 Å². The fraction of sp³-hybridized carbons (Fsp3) is 0.200. The zero-order valence-electron chi connectivity index (χ0n) is 10.8. The number of nitrogens with zero attached hydrogens (tertiary/aromatic N) is 1. The van der Waals surface area contributed by atoms with Gasteiger partial charge in [-0.1, -0.05) is 30.3 Å². The van der Waals surface area contributed by atoms with Gasteiger partial charge in [0.15, 0.2) is 0 Å². The molecule has 0 saturated heterocycles. The Kier molecular flexibility index (Phi) is 4.79. The maximum Gasteiger partial charge on any atom is 0.252 e. The summed E-state index contributed by atoms with van der Waals surface area (Å²) in [5.74, 6) is -0.959. The number of rotatable bonds is 5. The van der Waals surface area contributed by atoms with Crippen LogP contribution in [0.5, 0.6) is 0 Å². The Morgan fingerprint density at radius 2 is 2.00 bits per heavy atom. The fourth-order valence-corrected chi connectivity index (χ4v) is 1.78. The summed E-state index contributed by atoms with van der Waals surface area (Å²) in [7, 11) is 0. The van der Waals surface area contributed by atoms with Crippen LogP contribution in [0.1, 0.15) is 28.4 Å². The molecule has 1 unspecified atom stereocenters. The van der Waals surface area contributed by atoms with Crippen LogP contribution in [-0.2, 0) is 0 Å². The second kappa shape index (κ2) is 6.77. The minimum Gasteiger partial charge on any atom is -0.388 e. The van der Waals surface area contributed by atoms with Gasteiger partial charge in [-0.25, -0.2) is 4.98 Å². The van der Waals surface area contributed by atoms with Gasteiger partial charge in [-0.05, 0) is 24.1 Å². The van der Waals surface area contributed by atoms with Gasteiger partial charge in [-0.2, -0.15) is 4.39 Å². The largest absolute Gasteiger partial charge is 0.388 e. The number of carbonyl (C=O) groups excluding carboxylic acids is 1. The highest BCUT2D eigenvalue weighted by molar-refractivity contribution is 5.93. The van der Waals surface area contributed by atoms with E-state index in [-0.39, 0.29) is 5.91 Å². The minimum absolute atomic E-state index is 0.292. The molecule has 1 amide bonds. The van der Waals surface area contributed by atoms with Crippen molar-refractivity contribution in [3.05, 3.63) is 65.7 Å². The van der Waals surface area contributed by atoms with Gasteiger partial charge >= 0.3 is 0 Å². The first-order chi connectivity index (χ1) is 9.66. The number of pyridine rings is 1. The average molecular weight is 274 g/mol. The Morgan fingerprint density at radius 1 is 1.25 bits per heavy atom. The van der Waals surface area contributed by atoms with Crippen molar-refractivity contribution in [3.8, 4) is 0 Å². The van der Waals surface area contributed by atoms with E-state index in [1.165, 1.54) is 12.3 Å². The van der Waals surface area contributed by atoms with Crippen molar-refractivity contribution in [1.29, 1.82) is 0 Å². The number of carbonyl (C=O) groups is 1. The van der Waals surface area contributed by atoms with Crippen LogP contribution in [0, 0.1) is 5.95 Å². The number of hydrogen-bond acceptors (Lipinski definition) is 3. The van der Waals surface area contributed by atoms with E-state index < -0.39 is 12.1 Å². The highest BCUT2D eigenvalue weighted by Gasteiger charge is 2.09. The number of aromatic nitrogens is 1. The molecule has 20 heavy (non-hydrogen) atoms. The van der Waals surface area contributed by atoms with Crippen LogP contribution in [0.15, 0.2) is 48.7 Å². The highest BCUT2D eigenvalue weighted by atomic mass is 19.1. The number of halogens is 1. The number of aliphatic hydroxyl groups excluding tert-OH is 1. The number of nitrogens with one attached hydrogen (secondary N) is 1. The van der Waals surface area contributed by atoms with E-state index in [1.54, 1.807) is 0 Å². The summed E-state index contributed by atoms with van der Waals surface area (Å²) < 4.78 is 12.6. The first kappa shape index (κ1) is 14.1. The second-order valence-electron chi connectivity index (χ2n) is 4.34. The molecule has 2 rings (SSSR count). The molecule has 2 aromatic rings. The number of benzene rings is 1. The highest BCUT2D eigenvalue weighted by Crippen LogP contribution is 2.14. The average Bonchev–Trinajstić information content (AvgIpc) is 2.48. The maximum atomic E-state index is 12.6. The smallest absolute Gasteiger partial charge is 0.252 e. The van der Waals surface area contributed by atoms with Crippen molar-refractivity contribution in [2.45, 2.75) is 12.5 Å². The SMILES string of the molecule is O=C(NCCC(O)c1ccccc1)c1ccc(F)nc1. The molecule has 4 nitrogen and oxygen atoms in total. The van der Waals surface area contributed by atoms with E-state index in [2.05, 4.69) is 10.3 Å². The second-order valence-corrected chi connectivity index (χ2v) is 4.34. The lowest BCUT2D eigenvalue weighted by Crippen LogP contribution is -2.25. The molecule has 1 heterocycles. The molecule has 0 saturated carbocycles. The van der Waals surface area contributed by atoms with Crippen molar-refractivity contribution in [2.75, 3.05) is 6.54 Å². The molecule has 0 spiro atoms. The molecule has 0 aliphatic rings. The predicted octanol–water partition coefficient (Wildman–Crippen LogP) is 2.07. The molecule has 104 valence electrons. The van der Waals surface area contributed by atoms with Gasteiger partial charge < -0.3 is 10.4 Å². The third-order valence-corrected chi connectivity index (χ3v) is 2.88. The third kappa shape index (κ3) is 3.86. The zero-order valence-corrected chi connectivity index (χ0v) is 10.8. The van der Waals surface area contributed by atoms with Crippen molar-refractivity contribution in [1.82, 2.24) is 10.3 Å². The van der Waals surface area contributed by atoms with Crippen LogP contribution in [0.2, 0.25) is 0 Å². The molecular formula is C15H15FN2O2. The van der Waals surface area contributed by atoms with Crippen LogP contribution < -0.4 is 5.32 Å². The Morgan fingerprint density at radius 3 is 2.65 bits per heavy atom. The summed E-state index contributed by atoms with van der Waals surface area (Å²) in [6.07, 6.45) is 0.964. The Balaban J connectivity index is 1.81. The topological polar surface area (TPSA) is 62.2 Å². The molecule has 1 atom stereocenters. The molecule has 0 aliphatic heterocycles. The van der Waals surface area contributed by atoms with Crippen molar-refractivity contribution in [2.24, 2.45) is 0 Å². The van der Waals surface area contributed by atoms with Gasteiger partial charge in [0.25, 0.3) is 5.91 Å². The van der Waals surface area contributed by atoms with Crippen LogP contribution in [0.4, 0.5) is 4.39 Å². The summed E-state index contributed by atoms with van der Waals surface area (Å²) in [4.78, 5) is 15.1. The number of hydrogen-bond donors (Lipinski definition) is 2. The Hall–Kier alpha value is -2.27. The van der Waals surface area contributed by atoms with Gasteiger partial charge in [0.05, 0.1) is 11.7 Å². The first-order valence-electron chi connectivity index (χ1n) is 6.29. The summed E-state index contributed by atoms with van der Waals surface area (Å²) in [6.45, 7) is 0.326.